The SMILES string of the molecule is CC/C=C/C/C=C/C/C=C/CCCC(=O)OC(COCCC(C(=O)[O-])[N+](C)(C)C)COC(=O)CCCCCCC/C=C/C=C/C=C/CCCCCCC. The average Bonchev–Trinajstić information content (AvgIpc) is 3.11. The summed E-state index contributed by atoms with van der Waals surface area (Å²) in [6.45, 7) is 4.42. The number of ether oxygens (including phenoxy) is 3. The number of nitrogens with zero attached hydrogens (tertiary/aromatic N) is 1. The van der Waals surface area contributed by atoms with Crippen molar-refractivity contribution in [1.29, 1.82) is 0 Å². The number of hydrogen-bond donors (Lipinski definition) is 0. The number of aliphatic carboxylic acids is 1. The molecule has 0 aromatic carbocycles. The lowest BCUT2D eigenvalue weighted by atomic mass is 10.1. The number of unbranched alkanes of at least 4 members (excludes halogenated alkanes) is 11. The van der Waals surface area contributed by atoms with Crippen LogP contribution in [0.15, 0.2) is 72.9 Å². The first-order chi connectivity index (χ1) is 25.6. The van der Waals surface area contributed by atoms with Gasteiger partial charge in [0.15, 0.2) is 6.10 Å². The highest BCUT2D eigenvalue weighted by Crippen LogP contribution is 2.11. The maximum Gasteiger partial charge on any atom is 0.306 e. The van der Waals surface area contributed by atoms with Crippen LogP contribution in [0.5, 0.6) is 0 Å². The van der Waals surface area contributed by atoms with Gasteiger partial charge in [0, 0.05) is 19.3 Å². The Balaban J connectivity index is 4.46. The highest BCUT2D eigenvalue weighted by Gasteiger charge is 2.25. The van der Waals surface area contributed by atoms with Gasteiger partial charge in [0.05, 0.1) is 40.3 Å². The Morgan fingerprint density at radius 2 is 1.15 bits per heavy atom. The molecule has 2 unspecified atom stereocenters. The van der Waals surface area contributed by atoms with Crippen molar-refractivity contribution in [2.24, 2.45) is 0 Å². The van der Waals surface area contributed by atoms with Gasteiger partial charge in [-0.3, -0.25) is 9.59 Å². The maximum atomic E-state index is 12.6. The van der Waals surface area contributed by atoms with Crippen molar-refractivity contribution < 1.29 is 38.2 Å². The molecule has 0 N–H and O–H groups in total. The fourth-order valence-corrected chi connectivity index (χ4v) is 5.45. The molecule has 0 aliphatic carbocycles. The molecule has 53 heavy (non-hydrogen) atoms. The number of allylic oxidation sites excluding steroid dienone is 12. The van der Waals surface area contributed by atoms with Crippen LogP contribution in [-0.2, 0) is 28.6 Å². The normalized spacial score (nSPS) is 13.8. The van der Waals surface area contributed by atoms with E-state index in [-0.39, 0.29) is 49.1 Å². The lowest BCUT2D eigenvalue weighted by Crippen LogP contribution is -2.55. The fraction of sp³-hybridized carbons (Fsp3) is 0.667. The van der Waals surface area contributed by atoms with E-state index in [1.807, 2.05) is 0 Å². The zero-order valence-corrected chi connectivity index (χ0v) is 34.2. The van der Waals surface area contributed by atoms with Crippen LogP contribution < -0.4 is 5.11 Å². The van der Waals surface area contributed by atoms with Gasteiger partial charge in [0.25, 0.3) is 0 Å². The van der Waals surface area contributed by atoms with E-state index in [1.165, 1.54) is 32.1 Å². The number of likely N-dealkylation sites (N-methyl/N-ethyl adjacent to an activating group) is 1. The molecule has 0 radical (unpaired) electrons. The van der Waals surface area contributed by atoms with Crippen molar-refractivity contribution in [2.45, 2.75) is 154 Å². The van der Waals surface area contributed by atoms with Crippen molar-refractivity contribution in [2.75, 3.05) is 41.0 Å². The number of rotatable bonds is 35. The standard InChI is InChI=1S/C45H75NO7/c1-6-8-10-12-14-16-18-19-20-21-22-23-24-26-27-29-31-33-35-43(47)52-40-41(39-51-38-37-42(45(49)50)46(3,4)5)53-44(48)36-34-32-30-28-25-17-15-13-11-9-7-2/h9,11,15,17-23,28,30,41-42H,6-8,10,12-14,16,24-27,29,31-40H2,1-5H3/b11-9+,17-15+,19-18+,21-20+,23-22+,30-28+. The zero-order valence-electron chi connectivity index (χ0n) is 34.2. The fourth-order valence-electron chi connectivity index (χ4n) is 5.45. The largest absolute Gasteiger partial charge is 0.544 e. The zero-order chi connectivity index (χ0) is 39.3. The van der Waals surface area contributed by atoms with Gasteiger partial charge >= 0.3 is 11.9 Å². The molecule has 302 valence electrons. The summed E-state index contributed by atoms with van der Waals surface area (Å²) < 4.78 is 17.0. The van der Waals surface area contributed by atoms with Crippen LogP contribution in [0.3, 0.4) is 0 Å². The molecule has 0 aliphatic rings. The van der Waals surface area contributed by atoms with E-state index in [1.54, 1.807) is 21.1 Å². The first-order valence-corrected chi connectivity index (χ1v) is 20.5. The molecule has 0 heterocycles. The van der Waals surface area contributed by atoms with Crippen LogP contribution in [0.25, 0.3) is 0 Å². The summed E-state index contributed by atoms with van der Waals surface area (Å²) in [5, 5.41) is 11.6. The third-order valence-electron chi connectivity index (χ3n) is 8.64. The second-order valence-corrected chi connectivity index (χ2v) is 14.5. The van der Waals surface area contributed by atoms with Gasteiger partial charge < -0.3 is 28.6 Å². The second kappa shape index (κ2) is 35.8. The molecule has 0 aromatic heterocycles. The summed E-state index contributed by atoms with van der Waals surface area (Å²) in [5.74, 6) is -1.84. The third-order valence-corrected chi connectivity index (χ3v) is 8.64. The molecule has 8 nitrogen and oxygen atoms in total. The summed E-state index contributed by atoms with van der Waals surface area (Å²) in [5.41, 5.74) is 0. The number of hydrogen-bond acceptors (Lipinski definition) is 7. The number of carboxylic acids is 1. The summed E-state index contributed by atoms with van der Waals surface area (Å²) in [6.07, 6.45) is 43.7. The Hall–Kier alpha value is -3.23. The molecular weight excluding hydrogens is 666 g/mol. The smallest absolute Gasteiger partial charge is 0.306 e. The van der Waals surface area contributed by atoms with E-state index in [0.29, 0.717) is 12.8 Å². The highest BCUT2D eigenvalue weighted by molar-refractivity contribution is 5.70. The quantitative estimate of drug-likeness (QED) is 0.0210. The number of quaternary nitrogens is 1. The number of carbonyl (C=O) groups is 3. The van der Waals surface area contributed by atoms with Crippen LogP contribution in [0, 0.1) is 0 Å². The number of esters is 2. The molecule has 0 aromatic rings. The van der Waals surface area contributed by atoms with Crippen LogP contribution in [0.1, 0.15) is 142 Å². The lowest BCUT2D eigenvalue weighted by Gasteiger charge is -2.34. The van der Waals surface area contributed by atoms with Crippen molar-refractivity contribution >= 4 is 17.9 Å². The lowest BCUT2D eigenvalue weighted by molar-refractivity contribution is -0.889. The van der Waals surface area contributed by atoms with Crippen molar-refractivity contribution in [1.82, 2.24) is 0 Å². The van der Waals surface area contributed by atoms with E-state index >= 15 is 0 Å². The summed E-state index contributed by atoms with van der Waals surface area (Å²) in [4.78, 5) is 36.7. The van der Waals surface area contributed by atoms with E-state index in [0.717, 1.165) is 70.6 Å². The molecule has 0 bridgehead atoms. The van der Waals surface area contributed by atoms with E-state index in [4.69, 9.17) is 14.2 Å². The van der Waals surface area contributed by atoms with E-state index in [9.17, 15) is 19.5 Å². The Kier molecular flexibility index (Phi) is 33.6. The van der Waals surface area contributed by atoms with Crippen molar-refractivity contribution in [3.8, 4) is 0 Å². The monoisotopic (exact) mass is 742 g/mol. The molecule has 0 aliphatic heterocycles. The molecule has 0 saturated heterocycles. The predicted octanol–water partition coefficient (Wildman–Crippen LogP) is 9.46. The molecule has 8 heteroatoms. The van der Waals surface area contributed by atoms with Gasteiger partial charge in [0.2, 0.25) is 0 Å². The van der Waals surface area contributed by atoms with Crippen LogP contribution in [-0.4, -0.2) is 75.5 Å². The van der Waals surface area contributed by atoms with E-state index in [2.05, 4.69) is 86.8 Å². The summed E-state index contributed by atoms with van der Waals surface area (Å²) in [6, 6.07) is -0.740. The average molecular weight is 742 g/mol. The Bertz CT molecular complexity index is 1100. The first kappa shape index (κ1) is 49.8. The van der Waals surface area contributed by atoms with Crippen molar-refractivity contribution in [3.05, 3.63) is 72.9 Å². The molecule has 0 rings (SSSR count). The van der Waals surface area contributed by atoms with Crippen LogP contribution in [0.2, 0.25) is 0 Å². The maximum absolute atomic E-state index is 12.6. The highest BCUT2D eigenvalue weighted by atomic mass is 16.6. The van der Waals surface area contributed by atoms with Gasteiger partial charge in [-0.15, -0.1) is 0 Å². The third kappa shape index (κ3) is 34.3. The molecule has 0 spiro atoms. The molecular formula is C45H75NO7. The first-order valence-electron chi connectivity index (χ1n) is 20.5. The topological polar surface area (TPSA) is 102 Å². The van der Waals surface area contributed by atoms with Gasteiger partial charge in [-0.25, -0.2) is 0 Å². The van der Waals surface area contributed by atoms with Crippen LogP contribution >= 0.6 is 0 Å². The summed E-state index contributed by atoms with van der Waals surface area (Å²) >= 11 is 0. The molecule has 2 atom stereocenters. The predicted molar refractivity (Wildman–Crippen MR) is 217 cm³/mol. The van der Waals surface area contributed by atoms with Crippen molar-refractivity contribution in [3.63, 3.8) is 0 Å². The van der Waals surface area contributed by atoms with E-state index < -0.39 is 18.1 Å². The Labute approximate surface area is 323 Å². The van der Waals surface area contributed by atoms with Gasteiger partial charge in [-0.1, -0.05) is 132 Å². The minimum Gasteiger partial charge on any atom is -0.544 e. The molecule has 0 saturated carbocycles. The van der Waals surface area contributed by atoms with Gasteiger partial charge in [-0.2, -0.15) is 0 Å². The van der Waals surface area contributed by atoms with Gasteiger partial charge in [-0.05, 0) is 64.2 Å². The minimum absolute atomic E-state index is 0.00967. The molecule has 0 amide bonds. The molecule has 0 fully saturated rings. The second-order valence-electron chi connectivity index (χ2n) is 14.5. The number of carboxylic acid groups (broad SMARTS) is 1. The Morgan fingerprint density at radius 3 is 1.75 bits per heavy atom. The number of carbonyl (C=O) groups excluding carboxylic acids is 3. The minimum atomic E-state index is -1.14. The summed E-state index contributed by atoms with van der Waals surface area (Å²) in [7, 11) is 5.36. The van der Waals surface area contributed by atoms with Crippen LogP contribution in [0.4, 0.5) is 0 Å². The Morgan fingerprint density at radius 1 is 0.604 bits per heavy atom. The van der Waals surface area contributed by atoms with Gasteiger partial charge in [0.1, 0.15) is 12.6 Å².